The lowest BCUT2D eigenvalue weighted by molar-refractivity contribution is -0.148. The Balaban J connectivity index is 2.63. The summed E-state index contributed by atoms with van der Waals surface area (Å²) in [6.07, 6.45) is 2.01. The second-order valence-corrected chi connectivity index (χ2v) is 3.67. The van der Waals surface area contributed by atoms with Gasteiger partial charge in [-0.25, -0.2) is 4.79 Å². The van der Waals surface area contributed by atoms with E-state index in [0.717, 1.165) is 11.1 Å². The smallest absolute Gasteiger partial charge is 0.331 e. The molecule has 1 aromatic carbocycles. The molecular formula is C13H15NO3. The molecule has 0 saturated carbocycles. The third kappa shape index (κ3) is 4.10. The Kier molecular flexibility index (Phi) is 4.46. The molecule has 0 aliphatic carbocycles. The van der Waals surface area contributed by atoms with E-state index < -0.39 is 18.0 Å². The summed E-state index contributed by atoms with van der Waals surface area (Å²) in [6.45, 7) is 3.37. The van der Waals surface area contributed by atoms with Crippen LogP contribution in [0.3, 0.4) is 0 Å². The first-order valence-corrected chi connectivity index (χ1v) is 5.24. The molecule has 0 unspecified atom stereocenters. The maximum atomic E-state index is 11.3. The first-order valence-electron chi connectivity index (χ1n) is 5.24. The molecule has 0 bridgehead atoms. The highest BCUT2D eigenvalue weighted by molar-refractivity contribution is 5.90. The summed E-state index contributed by atoms with van der Waals surface area (Å²) in [4.78, 5) is 22.0. The van der Waals surface area contributed by atoms with E-state index in [1.165, 1.54) is 13.0 Å². The zero-order valence-electron chi connectivity index (χ0n) is 9.84. The average Bonchev–Trinajstić information content (AvgIpc) is 2.27. The van der Waals surface area contributed by atoms with Gasteiger partial charge in [0.1, 0.15) is 0 Å². The Bertz CT molecular complexity index is 452. The van der Waals surface area contributed by atoms with Crippen LogP contribution in [0.5, 0.6) is 0 Å². The van der Waals surface area contributed by atoms with Gasteiger partial charge in [0.15, 0.2) is 6.10 Å². The Morgan fingerprint density at radius 1 is 1.35 bits per heavy atom. The summed E-state index contributed by atoms with van der Waals surface area (Å²) in [5.41, 5.74) is 6.96. The molecule has 0 radical (unpaired) electrons. The van der Waals surface area contributed by atoms with Gasteiger partial charge in [0.2, 0.25) is 0 Å². The summed E-state index contributed by atoms with van der Waals surface area (Å²) < 4.78 is 4.77. The van der Waals surface area contributed by atoms with Crippen LogP contribution in [-0.2, 0) is 14.3 Å². The van der Waals surface area contributed by atoms with E-state index in [-0.39, 0.29) is 0 Å². The third-order valence-electron chi connectivity index (χ3n) is 2.28. The van der Waals surface area contributed by atoms with Crippen LogP contribution in [0.25, 0.3) is 6.08 Å². The lowest BCUT2D eigenvalue weighted by Gasteiger charge is -2.06. The Labute approximate surface area is 100 Å². The highest BCUT2D eigenvalue weighted by atomic mass is 16.5. The first kappa shape index (κ1) is 13.0. The Hall–Kier alpha value is -2.10. The van der Waals surface area contributed by atoms with Crippen LogP contribution in [0, 0.1) is 6.92 Å². The van der Waals surface area contributed by atoms with Gasteiger partial charge in [-0.15, -0.1) is 0 Å². The molecule has 0 fully saturated rings. The largest absolute Gasteiger partial charge is 0.449 e. The first-order chi connectivity index (χ1) is 8.00. The second kappa shape index (κ2) is 5.84. The fraction of sp³-hybridized carbons (Fsp3) is 0.231. The molecular weight excluding hydrogens is 218 g/mol. The Morgan fingerprint density at radius 2 is 2.00 bits per heavy atom. The molecule has 0 heterocycles. The molecule has 4 heteroatoms. The fourth-order valence-electron chi connectivity index (χ4n) is 1.20. The maximum Gasteiger partial charge on any atom is 0.331 e. The quantitative estimate of drug-likeness (QED) is 0.631. The number of carbonyl (C=O) groups is 2. The molecule has 0 saturated heterocycles. The molecule has 0 aliphatic heterocycles. The van der Waals surface area contributed by atoms with E-state index in [1.807, 2.05) is 31.2 Å². The number of rotatable bonds is 4. The van der Waals surface area contributed by atoms with Crippen LogP contribution < -0.4 is 5.73 Å². The minimum Gasteiger partial charge on any atom is -0.449 e. The van der Waals surface area contributed by atoms with Crippen LogP contribution in [0.1, 0.15) is 18.1 Å². The summed E-state index contributed by atoms with van der Waals surface area (Å²) in [7, 11) is 0. The number of ether oxygens (including phenoxy) is 1. The van der Waals surface area contributed by atoms with Crippen molar-refractivity contribution in [2.24, 2.45) is 5.73 Å². The molecule has 0 aliphatic rings. The standard InChI is InChI=1S/C13H15NO3/c1-9-5-3-4-6-11(9)7-8-12(15)17-10(2)13(14)16/h3-8,10H,1-2H3,(H2,14,16)/b8-7+/t10-/m0/s1. The zero-order valence-corrected chi connectivity index (χ0v) is 9.84. The number of hydrogen-bond donors (Lipinski definition) is 1. The van der Waals surface area contributed by atoms with Gasteiger partial charge < -0.3 is 10.5 Å². The average molecular weight is 233 g/mol. The Morgan fingerprint density at radius 3 is 2.59 bits per heavy atom. The summed E-state index contributed by atoms with van der Waals surface area (Å²) in [5.74, 6) is -1.25. The SMILES string of the molecule is Cc1ccccc1/C=C/C(=O)O[C@@H](C)C(N)=O. The van der Waals surface area contributed by atoms with Crippen LogP contribution >= 0.6 is 0 Å². The number of hydrogen-bond acceptors (Lipinski definition) is 3. The maximum absolute atomic E-state index is 11.3. The predicted molar refractivity (Wildman–Crippen MR) is 65.0 cm³/mol. The summed E-state index contributed by atoms with van der Waals surface area (Å²) in [5, 5.41) is 0. The predicted octanol–water partition coefficient (Wildman–Crippen LogP) is 1.43. The lowest BCUT2D eigenvalue weighted by atomic mass is 10.1. The number of esters is 1. The molecule has 90 valence electrons. The van der Waals surface area contributed by atoms with E-state index in [2.05, 4.69) is 0 Å². The lowest BCUT2D eigenvalue weighted by Crippen LogP contribution is -2.29. The van der Waals surface area contributed by atoms with Gasteiger partial charge in [-0.1, -0.05) is 24.3 Å². The minimum atomic E-state index is -0.913. The fourth-order valence-corrected chi connectivity index (χ4v) is 1.20. The van der Waals surface area contributed by atoms with Crippen LogP contribution in [0.2, 0.25) is 0 Å². The normalized spacial score (nSPS) is 12.4. The number of primary amides is 1. The number of nitrogens with two attached hydrogens (primary N) is 1. The van der Waals surface area contributed by atoms with Crippen LogP contribution in [0.15, 0.2) is 30.3 Å². The van der Waals surface area contributed by atoms with Crippen molar-refractivity contribution in [3.05, 3.63) is 41.5 Å². The van der Waals surface area contributed by atoms with Gasteiger partial charge >= 0.3 is 5.97 Å². The zero-order chi connectivity index (χ0) is 12.8. The molecule has 0 aromatic heterocycles. The van der Waals surface area contributed by atoms with Crippen LogP contribution in [0.4, 0.5) is 0 Å². The third-order valence-corrected chi connectivity index (χ3v) is 2.28. The van der Waals surface area contributed by atoms with Crippen molar-refractivity contribution in [1.29, 1.82) is 0 Å². The van der Waals surface area contributed by atoms with Crippen molar-refractivity contribution in [2.45, 2.75) is 20.0 Å². The van der Waals surface area contributed by atoms with Gasteiger partial charge in [0, 0.05) is 6.08 Å². The molecule has 0 spiro atoms. The number of aryl methyl sites for hydroxylation is 1. The van der Waals surface area contributed by atoms with Crippen molar-refractivity contribution >= 4 is 18.0 Å². The van der Waals surface area contributed by atoms with E-state index in [0.29, 0.717) is 0 Å². The van der Waals surface area contributed by atoms with Crippen molar-refractivity contribution in [3.8, 4) is 0 Å². The highest BCUT2D eigenvalue weighted by Gasteiger charge is 2.11. The number of carbonyl (C=O) groups excluding carboxylic acids is 2. The molecule has 4 nitrogen and oxygen atoms in total. The molecule has 17 heavy (non-hydrogen) atoms. The van der Waals surface area contributed by atoms with Gasteiger partial charge in [0.05, 0.1) is 0 Å². The van der Waals surface area contributed by atoms with Gasteiger partial charge in [-0.3, -0.25) is 4.79 Å². The summed E-state index contributed by atoms with van der Waals surface area (Å²) in [6, 6.07) is 7.62. The topological polar surface area (TPSA) is 69.4 Å². The monoisotopic (exact) mass is 233 g/mol. The summed E-state index contributed by atoms with van der Waals surface area (Å²) >= 11 is 0. The van der Waals surface area contributed by atoms with Crippen LogP contribution in [-0.4, -0.2) is 18.0 Å². The molecule has 1 aromatic rings. The van der Waals surface area contributed by atoms with Gasteiger partial charge in [0.25, 0.3) is 5.91 Å². The van der Waals surface area contributed by atoms with E-state index in [1.54, 1.807) is 6.08 Å². The second-order valence-electron chi connectivity index (χ2n) is 3.67. The number of benzene rings is 1. The van der Waals surface area contributed by atoms with Crippen molar-refractivity contribution in [3.63, 3.8) is 0 Å². The molecule has 1 amide bonds. The van der Waals surface area contributed by atoms with Crippen molar-refractivity contribution in [1.82, 2.24) is 0 Å². The number of amides is 1. The van der Waals surface area contributed by atoms with E-state index >= 15 is 0 Å². The van der Waals surface area contributed by atoms with Gasteiger partial charge in [-0.2, -0.15) is 0 Å². The molecule has 1 rings (SSSR count). The molecule has 1 atom stereocenters. The molecule has 2 N–H and O–H groups in total. The minimum absolute atomic E-state index is 0.584. The van der Waals surface area contributed by atoms with E-state index in [4.69, 9.17) is 10.5 Å². The van der Waals surface area contributed by atoms with Crippen molar-refractivity contribution in [2.75, 3.05) is 0 Å². The van der Waals surface area contributed by atoms with Gasteiger partial charge in [-0.05, 0) is 31.1 Å². The van der Waals surface area contributed by atoms with E-state index in [9.17, 15) is 9.59 Å². The highest BCUT2D eigenvalue weighted by Crippen LogP contribution is 2.08. The van der Waals surface area contributed by atoms with Crippen molar-refractivity contribution < 1.29 is 14.3 Å².